The van der Waals surface area contributed by atoms with Crippen LogP contribution in [0, 0.1) is 0 Å². The molecule has 0 aliphatic rings. The molecule has 0 saturated heterocycles. The van der Waals surface area contributed by atoms with E-state index in [4.69, 9.17) is 0 Å². The highest BCUT2D eigenvalue weighted by molar-refractivity contribution is 5.95. The molecule has 0 heterocycles. The smallest absolute Gasteiger partial charge is 0.229 e. The van der Waals surface area contributed by atoms with Gasteiger partial charge >= 0.3 is 0 Å². The molecule has 0 rings (SSSR count). The lowest BCUT2D eigenvalue weighted by molar-refractivity contribution is -0.145. The Morgan fingerprint density at radius 2 is 0.651 bits per heavy atom. The van der Waals surface area contributed by atoms with E-state index in [0.717, 1.165) is 45.2 Å². The molecule has 4 heteroatoms. The molecule has 0 saturated carbocycles. The van der Waals surface area contributed by atoms with Gasteiger partial charge in [-0.25, -0.2) is 0 Å². The zero-order valence-electron chi connectivity index (χ0n) is 29.8. The lowest BCUT2D eigenvalue weighted by atomic mass is 10.0. The summed E-state index contributed by atoms with van der Waals surface area (Å²) in [5.74, 6) is 0.132. The van der Waals surface area contributed by atoms with Crippen molar-refractivity contribution in [3.63, 3.8) is 0 Å². The van der Waals surface area contributed by atoms with Crippen molar-refractivity contribution in [2.45, 2.75) is 220 Å². The molecule has 2 amide bonds. The Labute approximate surface area is 270 Å². The van der Waals surface area contributed by atoms with Crippen LogP contribution in [0.25, 0.3) is 0 Å². The Morgan fingerprint density at radius 3 is 0.977 bits per heavy atom. The van der Waals surface area contributed by atoms with Gasteiger partial charge in [0.15, 0.2) is 0 Å². The molecule has 1 N–H and O–H groups in total. The van der Waals surface area contributed by atoms with Gasteiger partial charge in [-0.15, -0.1) is 0 Å². The second-order valence-corrected chi connectivity index (χ2v) is 13.4. The second-order valence-electron chi connectivity index (χ2n) is 13.4. The fourth-order valence-corrected chi connectivity index (χ4v) is 6.04. The van der Waals surface area contributed by atoms with Crippen molar-refractivity contribution in [2.75, 3.05) is 19.6 Å². The number of rotatable bonds is 35. The maximum Gasteiger partial charge on any atom is 0.229 e. The van der Waals surface area contributed by atoms with Gasteiger partial charge in [-0.3, -0.25) is 14.5 Å². The number of nitrogens with zero attached hydrogens (tertiary/aromatic N) is 1. The highest BCUT2D eigenvalue weighted by Crippen LogP contribution is 2.16. The lowest BCUT2D eigenvalue weighted by Crippen LogP contribution is -2.38. The molecule has 0 bridgehead atoms. The molecule has 0 fully saturated rings. The van der Waals surface area contributed by atoms with Gasteiger partial charge in [0, 0.05) is 19.4 Å². The minimum absolute atomic E-state index is 0.0660. The Morgan fingerprint density at radius 1 is 0.372 bits per heavy atom. The van der Waals surface area contributed by atoms with Gasteiger partial charge in [0.05, 0.1) is 0 Å². The van der Waals surface area contributed by atoms with Crippen LogP contribution in [-0.2, 0) is 9.59 Å². The van der Waals surface area contributed by atoms with Crippen molar-refractivity contribution in [1.82, 2.24) is 10.2 Å². The van der Waals surface area contributed by atoms with Crippen LogP contribution in [0.4, 0.5) is 0 Å². The van der Waals surface area contributed by atoms with E-state index in [9.17, 15) is 9.59 Å². The molecular formula is C39H78N2O2. The van der Waals surface area contributed by atoms with Crippen LogP contribution < -0.4 is 5.32 Å². The average molecular weight is 607 g/mol. The van der Waals surface area contributed by atoms with Gasteiger partial charge in [-0.05, 0) is 38.8 Å². The van der Waals surface area contributed by atoms with Gasteiger partial charge in [-0.1, -0.05) is 181 Å². The summed E-state index contributed by atoms with van der Waals surface area (Å²) in [6.07, 6.45) is 38.2. The van der Waals surface area contributed by atoms with E-state index in [0.29, 0.717) is 19.4 Å². The first-order valence-electron chi connectivity index (χ1n) is 19.7. The third-order valence-corrected chi connectivity index (χ3v) is 9.03. The number of hydrogen-bond acceptors (Lipinski definition) is 3. The second kappa shape index (κ2) is 35.6. The van der Waals surface area contributed by atoms with Crippen LogP contribution in [0.3, 0.4) is 0 Å². The summed E-state index contributed by atoms with van der Waals surface area (Å²) < 4.78 is 0. The Hall–Kier alpha value is -0.900. The van der Waals surface area contributed by atoms with Gasteiger partial charge in [-0.2, -0.15) is 0 Å². The lowest BCUT2D eigenvalue weighted by Gasteiger charge is -2.21. The molecule has 4 nitrogen and oxygen atoms in total. The van der Waals surface area contributed by atoms with Gasteiger partial charge in [0.1, 0.15) is 0 Å². The molecular weight excluding hydrogens is 528 g/mol. The predicted octanol–water partition coefficient (Wildman–Crippen LogP) is 12.1. The van der Waals surface area contributed by atoms with E-state index in [2.05, 4.69) is 26.1 Å². The summed E-state index contributed by atoms with van der Waals surface area (Å²) in [5, 5.41) is 3.46. The number of carbonyl (C=O) groups is 2. The van der Waals surface area contributed by atoms with Crippen LogP contribution in [0.15, 0.2) is 0 Å². The van der Waals surface area contributed by atoms with E-state index in [1.807, 2.05) is 0 Å². The Balaban J connectivity index is 4.07. The first-order chi connectivity index (χ1) is 21.2. The van der Waals surface area contributed by atoms with E-state index in [1.165, 1.54) is 154 Å². The van der Waals surface area contributed by atoms with Crippen molar-refractivity contribution < 1.29 is 9.59 Å². The van der Waals surface area contributed by atoms with Gasteiger partial charge < -0.3 is 5.32 Å². The van der Waals surface area contributed by atoms with Crippen LogP contribution in [-0.4, -0.2) is 36.3 Å². The number of unbranched alkanes of at least 4 members (excludes halogenated alkanes) is 25. The first-order valence-corrected chi connectivity index (χ1v) is 19.7. The molecule has 256 valence electrons. The molecule has 0 aromatic heterocycles. The van der Waals surface area contributed by atoms with Crippen molar-refractivity contribution in [2.24, 2.45) is 0 Å². The van der Waals surface area contributed by atoms with Crippen molar-refractivity contribution >= 4 is 11.8 Å². The molecule has 0 aromatic carbocycles. The molecule has 0 atom stereocenters. The Kier molecular flexibility index (Phi) is 34.8. The molecule has 0 aromatic rings. The minimum Gasteiger partial charge on any atom is -0.317 e. The molecule has 43 heavy (non-hydrogen) atoms. The maximum atomic E-state index is 13.1. The summed E-state index contributed by atoms with van der Waals surface area (Å²) in [6, 6.07) is 0. The third-order valence-electron chi connectivity index (χ3n) is 9.03. The summed E-state index contributed by atoms with van der Waals surface area (Å²) >= 11 is 0. The first kappa shape index (κ1) is 42.1. The van der Waals surface area contributed by atoms with Crippen LogP contribution in [0.1, 0.15) is 220 Å². The molecule has 0 unspecified atom stereocenters. The van der Waals surface area contributed by atoms with Crippen LogP contribution in [0.2, 0.25) is 0 Å². The number of nitrogens with one attached hydrogen (secondary N) is 1. The fraction of sp³-hybridized carbons (Fsp3) is 0.949. The van der Waals surface area contributed by atoms with Crippen molar-refractivity contribution in [1.29, 1.82) is 0 Å². The van der Waals surface area contributed by atoms with E-state index < -0.39 is 0 Å². The topological polar surface area (TPSA) is 49.4 Å². The number of hydrogen-bond donors (Lipinski definition) is 1. The van der Waals surface area contributed by atoms with E-state index >= 15 is 0 Å². The zero-order valence-corrected chi connectivity index (χ0v) is 29.8. The summed E-state index contributed by atoms with van der Waals surface area (Å²) in [5.41, 5.74) is 0. The quantitative estimate of drug-likeness (QED) is 0.0730. The van der Waals surface area contributed by atoms with Crippen molar-refractivity contribution in [3.8, 4) is 0 Å². The Bertz CT molecular complexity index is 538. The SMILES string of the molecule is CCCCCCCCCCCCCCCC(=O)N(CCCNCCCC)C(=O)CCCCCCCCCCCCCCC. The van der Waals surface area contributed by atoms with Crippen LogP contribution >= 0.6 is 0 Å². The average Bonchev–Trinajstić information content (AvgIpc) is 3.01. The summed E-state index contributed by atoms with van der Waals surface area (Å²) in [4.78, 5) is 27.8. The van der Waals surface area contributed by atoms with Crippen LogP contribution in [0.5, 0.6) is 0 Å². The molecule has 0 spiro atoms. The maximum absolute atomic E-state index is 13.1. The van der Waals surface area contributed by atoms with Gasteiger partial charge in [0.25, 0.3) is 0 Å². The monoisotopic (exact) mass is 607 g/mol. The molecule has 0 aliphatic carbocycles. The largest absolute Gasteiger partial charge is 0.317 e. The predicted molar refractivity (Wildman–Crippen MR) is 190 cm³/mol. The fourth-order valence-electron chi connectivity index (χ4n) is 6.04. The zero-order chi connectivity index (χ0) is 31.5. The highest BCUT2D eigenvalue weighted by Gasteiger charge is 2.20. The summed E-state index contributed by atoms with van der Waals surface area (Å²) in [7, 11) is 0. The normalized spacial score (nSPS) is 11.3. The third kappa shape index (κ3) is 30.9. The molecule has 0 radical (unpaired) electrons. The highest BCUT2D eigenvalue weighted by atomic mass is 16.2. The van der Waals surface area contributed by atoms with Crippen molar-refractivity contribution in [3.05, 3.63) is 0 Å². The van der Waals surface area contributed by atoms with Gasteiger partial charge in [0.2, 0.25) is 11.8 Å². The number of amides is 2. The minimum atomic E-state index is 0.0660. The summed E-state index contributed by atoms with van der Waals surface area (Å²) in [6.45, 7) is 9.24. The van der Waals surface area contributed by atoms with E-state index in [1.54, 1.807) is 4.90 Å². The molecule has 0 aliphatic heterocycles. The standard InChI is InChI=1S/C39H78N2O2/c1-4-7-10-12-14-16-18-20-22-24-26-28-30-33-38(42)41(37-32-36-40-35-9-6-3)39(43)34-31-29-27-25-23-21-19-17-15-13-11-8-5-2/h40H,4-37H2,1-3H3. The number of carbonyl (C=O) groups excluding carboxylic acids is 2. The van der Waals surface area contributed by atoms with E-state index in [-0.39, 0.29) is 11.8 Å². The number of imide groups is 1.